The fourth-order valence-electron chi connectivity index (χ4n) is 2.27. The van der Waals surface area contributed by atoms with E-state index in [1.165, 1.54) is 25.7 Å². The summed E-state index contributed by atoms with van der Waals surface area (Å²) in [5.74, 6) is 0.238. The molecule has 0 unspecified atom stereocenters. The first-order valence-corrected chi connectivity index (χ1v) is 6.92. The van der Waals surface area contributed by atoms with Crippen LogP contribution in [0.1, 0.15) is 53.4 Å². The van der Waals surface area contributed by atoms with Crippen LogP contribution in [0.15, 0.2) is 0 Å². The zero-order valence-corrected chi connectivity index (χ0v) is 11.8. The van der Waals surface area contributed by atoms with Crippen LogP contribution in [0.2, 0.25) is 0 Å². The van der Waals surface area contributed by atoms with Crippen molar-refractivity contribution >= 4 is 5.91 Å². The van der Waals surface area contributed by atoms with Crippen molar-refractivity contribution in [3.63, 3.8) is 0 Å². The Labute approximate surface area is 106 Å². The first kappa shape index (κ1) is 14.5. The summed E-state index contributed by atoms with van der Waals surface area (Å²) in [6, 6.07) is 0.652. The summed E-state index contributed by atoms with van der Waals surface area (Å²) in [6.45, 7) is 10.2. The van der Waals surface area contributed by atoms with Gasteiger partial charge in [-0.25, -0.2) is 0 Å². The lowest BCUT2D eigenvalue weighted by Gasteiger charge is -2.34. The molecule has 1 amide bonds. The van der Waals surface area contributed by atoms with Gasteiger partial charge in [-0.15, -0.1) is 0 Å². The molecular weight excluding hydrogens is 212 g/mol. The molecule has 1 saturated carbocycles. The minimum Gasteiger partial charge on any atom is -0.355 e. The van der Waals surface area contributed by atoms with E-state index in [1.807, 2.05) is 13.8 Å². The maximum atomic E-state index is 11.3. The maximum Gasteiger partial charge on any atom is 0.222 e. The van der Waals surface area contributed by atoms with E-state index in [4.69, 9.17) is 0 Å². The second-order valence-corrected chi connectivity index (χ2v) is 6.34. The van der Waals surface area contributed by atoms with E-state index >= 15 is 0 Å². The molecule has 0 atom stereocenters. The van der Waals surface area contributed by atoms with E-state index in [2.05, 4.69) is 24.5 Å². The first-order valence-electron chi connectivity index (χ1n) is 6.92. The maximum absolute atomic E-state index is 11.3. The average molecular weight is 240 g/mol. The zero-order valence-electron chi connectivity index (χ0n) is 11.8. The Morgan fingerprint density at radius 3 is 2.35 bits per heavy atom. The van der Waals surface area contributed by atoms with Crippen LogP contribution in [0.3, 0.4) is 0 Å². The third kappa shape index (κ3) is 5.53. The summed E-state index contributed by atoms with van der Waals surface area (Å²) in [6.07, 6.45) is 5.16. The molecule has 0 radical (unpaired) electrons. The third-order valence-corrected chi connectivity index (χ3v) is 3.72. The Bertz CT molecular complexity index is 239. The monoisotopic (exact) mass is 240 g/mol. The Kier molecular flexibility index (Phi) is 5.44. The Morgan fingerprint density at radius 1 is 1.24 bits per heavy atom. The lowest BCUT2D eigenvalue weighted by molar-refractivity contribution is -0.123. The molecule has 100 valence electrons. The predicted molar refractivity (Wildman–Crippen MR) is 71.9 cm³/mol. The van der Waals surface area contributed by atoms with Crippen LogP contribution < -0.4 is 10.6 Å². The minimum absolute atomic E-state index is 0.0884. The molecule has 0 bridgehead atoms. The van der Waals surface area contributed by atoms with Gasteiger partial charge in [0.2, 0.25) is 5.91 Å². The Morgan fingerprint density at radius 2 is 1.82 bits per heavy atom. The molecule has 0 aromatic carbocycles. The molecule has 1 aliphatic carbocycles. The molecule has 0 saturated heterocycles. The van der Waals surface area contributed by atoms with Gasteiger partial charge in [-0.2, -0.15) is 0 Å². The van der Waals surface area contributed by atoms with Gasteiger partial charge in [0, 0.05) is 25.0 Å². The smallest absolute Gasteiger partial charge is 0.222 e. The van der Waals surface area contributed by atoms with Crippen molar-refractivity contribution < 1.29 is 4.79 Å². The molecule has 1 fully saturated rings. The lowest BCUT2D eigenvalue weighted by Crippen LogP contribution is -2.40. The number of rotatable bonds is 5. The van der Waals surface area contributed by atoms with E-state index in [9.17, 15) is 4.79 Å². The van der Waals surface area contributed by atoms with Gasteiger partial charge >= 0.3 is 0 Å². The number of amides is 1. The van der Waals surface area contributed by atoms with Gasteiger partial charge < -0.3 is 10.6 Å². The quantitative estimate of drug-likeness (QED) is 0.724. The van der Waals surface area contributed by atoms with Crippen LogP contribution >= 0.6 is 0 Å². The molecule has 2 N–H and O–H groups in total. The average Bonchev–Trinajstić information content (AvgIpc) is 2.25. The summed E-state index contributed by atoms with van der Waals surface area (Å²) in [5, 5.41) is 6.48. The van der Waals surface area contributed by atoms with E-state index < -0.39 is 0 Å². The highest BCUT2D eigenvalue weighted by atomic mass is 16.1. The number of nitrogens with one attached hydrogen (secondary N) is 2. The molecule has 0 aliphatic heterocycles. The van der Waals surface area contributed by atoms with Crippen LogP contribution in [-0.4, -0.2) is 25.0 Å². The minimum atomic E-state index is 0.0884. The van der Waals surface area contributed by atoms with Gasteiger partial charge in [0.1, 0.15) is 0 Å². The normalized spacial score (nSPS) is 20.5. The van der Waals surface area contributed by atoms with Gasteiger partial charge in [0.15, 0.2) is 0 Å². The van der Waals surface area contributed by atoms with Gasteiger partial charge in [-0.1, -0.05) is 27.7 Å². The standard InChI is InChI=1S/C14H28N2O/c1-11(2)13(17)16-10-9-15-12-5-7-14(3,4)8-6-12/h11-12,15H,5-10H2,1-4H3,(H,16,17). The van der Waals surface area contributed by atoms with Crippen LogP contribution in [0.25, 0.3) is 0 Å². The van der Waals surface area contributed by atoms with Crippen LogP contribution in [0, 0.1) is 11.3 Å². The SMILES string of the molecule is CC(C)C(=O)NCCNC1CCC(C)(C)CC1. The molecular formula is C14H28N2O. The fraction of sp³-hybridized carbons (Fsp3) is 0.929. The van der Waals surface area contributed by atoms with Crippen molar-refractivity contribution in [3.05, 3.63) is 0 Å². The molecule has 3 heteroatoms. The molecule has 17 heavy (non-hydrogen) atoms. The summed E-state index contributed by atoms with van der Waals surface area (Å²) in [4.78, 5) is 11.3. The van der Waals surface area contributed by atoms with Crippen molar-refractivity contribution in [1.29, 1.82) is 0 Å². The molecule has 1 aliphatic rings. The predicted octanol–water partition coefficient (Wildman–Crippen LogP) is 2.32. The van der Waals surface area contributed by atoms with Crippen molar-refractivity contribution in [2.45, 2.75) is 59.4 Å². The van der Waals surface area contributed by atoms with E-state index in [0.717, 1.165) is 13.1 Å². The summed E-state index contributed by atoms with van der Waals surface area (Å²) < 4.78 is 0. The Hall–Kier alpha value is -0.570. The molecule has 0 spiro atoms. The number of carbonyl (C=O) groups excluding carboxylic acids is 1. The molecule has 0 heterocycles. The number of hydrogen-bond donors (Lipinski definition) is 2. The van der Waals surface area contributed by atoms with E-state index in [-0.39, 0.29) is 11.8 Å². The van der Waals surface area contributed by atoms with E-state index in [1.54, 1.807) is 0 Å². The van der Waals surface area contributed by atoms with Crippen molar-refractivity contribution in [2.75, 3.05) is 13.1 Å². The third-order valence-electron chi connectivity index (χ3n) is 3.72. The first-order chi connectivity index (χ1) is 7.91. The summed E-state index contributed by atoms with van der Waals surface area (Å²) >= 11 is 0. The molecule has 3 nitrogen and oxygen atoms in total. The highest BCUT2D eigenvalue weighted by Crippen LogP contribution is 2.34. The molecule has 0 aromatic rings. The summed E-state index contributed by atoms with van der Waals surface area (Å²) in [5.41, 5.74) is 0.532. The molecule has 1 rings (SSSR count). The highest BCUT2D eigenvalue weighted by Gasteiger charge is 2.26. The van der Waals surface area contributed by atoms with Crippen molar-refractivity contribution in [1.82, 2.24) is 10.6 Å². The van der Waals surface area contributed by atoms with Gasteiger partial charge in [0.25, 0.3) is 0 Å². The number of hydrogen-bond acceptors (Lipinski definition) is 2. The van der Waals surface area contributed by atoms with Crippen LogP contribution in [-0.2, 0) is 4.79 Å². The molecule has 0 aromatic heterocycles. The van der Waals surface area contributed by atoms with Gasteiger partial charge in [0.05, 0.1) is 0 Å². The number of carbonyl (C=O) groups is 1. The van der Waals surface area contributed by atoms with Crippen LogP contribution in [0.4, 0.5) is 0 Å². The van der Waals surface area contributed by atoms with Crippen molar-refractivity contribution in [3.8, 4) is 0 Å². The fourth-order valence-corrected chi connectivity index (χ4v) is 2.27. The lowest BCUT2D eigenvalue weighted by atomic mass is 9.75. The second kappa shape index (κ2) is 6.39. The largest absolute Gasteiger partial charge is 0.355 e. The van der Waals surface area contributed by atoms with Crippen molar-refractivity contribution in [2.24, 2.45) is 11.3 Å². The topological polar surface area (TPSA) is 41.1 Å². The Balaban J connectivity index is 2.06. The van der Waals surface area contributed by atoms with Crippen LogP contribution in [0.5, 0.6) is 0 Å². The van der Waals surface area contributed by atoms with Gasteiger partial charge in [-0.05, 0) is 31.1 Å². The zero-order chi connectivity index (χ0) is 12.9. The van der Waals surface area contributed by atoms with Gasteiger partial charge in [-0.3, -0.25) is 4.79 Å². The van der Waals surface area contributed by atoms with E-state index in [0.29, 0.717) is 11.5 Å². The summed E-state index contributed by atoms with van der Waals surface area (Å²) in [7, 11) is 0. The second-order valence-electron chi connectivity index (χ2n) is 6.34. The highest BCUT2D eigenvalue weighted by molar-refractivity contribution is 5.77.